The lowest BCUT2D eigenvalue weighted by atomic mass is 10.2. The number of ketones is 1. The van der Waals surface area contributed by atoms with Crippen molar-refractivity contribution in [2.24, 2.45) is 7.05 Å². The quantitative estimate of drug-likeness (QED) is 0.833. The maximum atomic E-state index is 11.9. The summed E-state index contributed by atoms with van der Waals surface area (Å²) in [5, 5.41) is 7.73. The van der Waals surface area contributed by atoms with Crippen LogP contribution < -0.4 is 5.32 Å². The molecule has 1 aliphatic rings. The molecule has 0 aliphatic heterocycles. The Kier molecular flexibility index (Phi) is 4.53. The Morgan fingerprint density at radius 2 is 2.22 bits per heavy atom. The topological polar surface area (TPSA) is 46.9 Å². The van der Waals surface area contributed by atoms with Gasteiger partial charge in [0.15, 0.2) is 5.78 Å². The number of carbonyl (C=O) groups is 1. The third-order valence-electron chi connectivity index (χ3n) is 3.71. The molecule has 1 saturated carbocycles. The van der Waals surface area contributed by atoms with E-state index < -0.39 is 0 Å². The van der Waals surface area contributed by atoms with Gasteiger partial charge in [0.25, 0.3) is 0 Å². The molecule has 0 radical (unpaired) electrons. The maximum absolute atomic E-state index is 11.9. The predicted octanol–water partition coefficient (Wildman–Crippen LogP) is 1.63. The molecule has 1 aliphatic carbocycles. The number of aromatic nitrogens is 2. The third-order valence-corrected chi connectivity index (χ3v) is 3.71. The summed E-state index contributed by atoms with van der Waals surface area (Å²) in [4.78, 5) is 11.9. The molecule has 1 fully saturated rings. The number of nitrogens with one attached hydrogen (secondary N) is 1. The van der Waals surface area contributed by atoms with E-state index in [4.69, 9.17) is 0 Å². The Labute approximate surface area is 109 Å². The van der Waals surface area contributed by atoms with E-state index in [1.54, 1.807) is 0 Å². The van der Waals surface area contributed by atoms with Gasteiger partial charge in [-0.3, -0.25) is 9.48 Å². The zero-order chi connectivity index (χ0) is 13.0. The second-order valence-electron chi connectivity index (χ2n) is 5.18. The number of Topliss-reactive ketones (excluding diaryl/α,β-unsaturated/α-hetero) is 1. The smallest absolute Gasteiger partial charge is 0.152 e. The van der Waals surface area contributed by atoms with Crippen LogP contribution >= 0.6 is 0 Å². The molecule has 1 aromatic heterocycles. The lowest BCUT2D eigenvalue weighted by Crippen LogP contribution is -2.32. The fourth-order valence-electron chi connectivity index (χ4n) is 2.56. The van der Waals surface area contributed by atoms with E-state index in [9.17, 15) is 4.79 Å². The summed E-state index contributed by atoms with van der Waals surface area (Å²) in [6.45, 7) is 2.58. The average molecular weight is 249 g/mol. The molecular formula is C14H23N3O. The standard InChI is InChI=1S/C14H23N3O/c1-3-11-8-13(17(2)16-11)9-14(18)10-15-12-6-4-5-7-12/h8,12,15H,3-7,9-10H2,1-2H3. The minimum absolute atomic E-state index is 0.257. The van der Waals surface area contributed by atoms with Crippen molar-refractivity contribution >= 4 is 5.78 Å². The minimum Gasteiger partial charge on any atom is -0.307 e. The van der Waals surface area contributed by atoms with Gasteiger partial charge in [-0.1, -0.05) is 19.8 Å². The fraction of sp³-hybridized carbons (Fsp3) is 0.714. The highest BCUT2D eigenvalue weighted by Crippen LogP contribution is 2.17. The molecular weight excluding hydrogens is 226 g/mol. The monoisotopic (exact) mass is 249 g/mol. The Bertz CT molecular complexity index is 405. The summed E-state index contributed by atoms with van der Waals surface area (Å²) in [5.74, 6) is 0.257. The summed E-state index contributed by atoms with van der Waals surface area (Å²) in [6.07, 6.45) is 6.45. The van der Waals surface area contributed by atoms with Crippen molar-refractivity contribution < 1.29 is 4.79 Å². The van der Waals surface area contributed by atoms with E-state index >= 15 is 0 Å². The van der Waals surface area contributed by atoms with Crippen molar-refractivity contribution in [3.05, 3.63) is 17.5 Å². The predicted molar refractivity (Wildman–Crippen MR) is 71.6 cm³/mol. The van der Waals surface area contributed by atoms with Gasteiger partial charge in [0.2, 0.25) is 0 Å². The summed E-state index contributed by atoms with van der Waals surface area (Å²) in [5.41, 5.74) is 2.08. The molecule has 1 aromatic rings. The Morgan fingerprint density at radius 1 is 1.50 bits per heavy atom. The molecule has 0 saturated heterocycles. The first-order chi connectivity index (χ1) is 8.69. The molecule has 18 heavy (non-hydrogen) atoms. The molecule has 0 atom stereocenters. The van der Waals surface area contributed by atoms with Crippen LogP contribution in [0.15, 0.2) is 6.07 Å². The SMILES string of the molecule is CCc1cc(CC(=O)CNC2CCCC2)n(C)n1. The van der Waals surface area contributed by atoms with Crippen LogP contribution in [0.5, 0.6) is 0 Å². The van der Waals surface area contributed by atoms with Crippen LogP contribution in [-0.2, 0) is 24.7 Å². The zero-order valence-electron chi connectivity index (χ0n) is 11.4. The second-order valence-corrected chi connectivity index (χ2v) is 5.18. The lowest BCUT2D eigenvalue weighted by molar-refractivity contribution is -0.117. The number of hydrogen-bond acceptors (Lipinski definition) is 3. The van der Waals surface area contributed by atoms with Gasteiger partial charge in [0, 0.05) is 25.2 Å². The van der Waals surface area contributed by atoms with E-state index in [-0.39, 0.29) is 5.78 Å². The molecule has 0 spiro atoms. The van der Waals surface area contributed by atoms with Crippen molar-refractivity contribution in [1.82, 2.24) is 15.1 Å². The van der Waals surface area contributed by atoms with Gasteiger partial charge in [0.05, 0.1) is 12.2 Å². The van der Waals surface area contributed by atoms with Crippen molar-refractivity contribution in [2.75, 3.05) is 6.54 Å². The third kappa shape index (κ3) is 3.42. The fourth-order valence-corrected chi connectivity index (χ4v) is 2.56. The average Bonchev–Trinajstić information content (AvgIpc) is 2.97. The zero-order valence-corrected chi connectivity index (χ0v) is 11.4. The molecule has 0 amide bonds. The summed E-state index contributed by atoms with van der Waals surface area (Å²) >= 11 is 0. The highest BCUT2D eigenvalue weighted by atomic mass is 16.1. The van der Waals surface area contributed by atoms with E-state index in [2.05, 4.69) is 17.3 Å². The van der Waals surface area contributed by atoms with E-state index in [0.29, 0.717) is 19.0 Å². The largest absolute Gasteiger partial charge is 0.307 e. The van der Waals surface area contributed by atoms with Gasteiger partial charge in [-0.15, -0.1) is 0 Å². The van der Waals surface area contributed by atoms with Crippen LogP contribution in [0.1, 0.15) is 44.0 Å². The van der Waals surface area contributed by atoms with Crippen LogP contribution in [-0.4, -0.2) is 28.2 Å². The lowest BCUT2D eigenvalue weighted by Gasteiger charge is -2.10. The molecule has 100 valence electrons. The van der Waals surface area contributed by atoms with E-state index in [1.807, 2.05) is 17.8 Å². The Hall–Kier alpha value is -1.16. The second kappa shape index (κ2) is 6.14. The number of aryl methyl sites for hydroxylation is 2. The van der Waals surface area contributed by atoms with Gasteiger partial charge in [-0.05, 0) is 25.3 Å². The van der Waals surface area contributed by atoms with Crippen LogP contribution in [0.25, 0.3) is 0 Å². The highest BCUT2D eigenvalue weighted by Gasteiger charge is 2.16. The van der Waals surface area contributed by atoms with Crippen LogP contribution in [0.4, 0.5) is 0 Å². The molecule has 4 heteroatoms. The number of nitrogens with zero attached hydrogens (tertiary/aromatic N) is 2. The van der Waals surface area contributed by atoms with Gasteiger partial charge in [-0.25, -0.2) is 0 Å². The molecule has 0 unspecified atom stereocenters. The minimum atomic E-state index is 0.257. The van der Waals surface area contributed by atoms with Gasteiger partial charge in [-0.2, -0.15) is 5.10 Å². The molecule has 0 bridgehead atoms. The summed E-state index contributed by atoms with van der Waals surface area (Å²) in [7, 11) is 1.91. The summed E-state index contributed by atoms with van der Waals surface area (Å²) < 4.78 is 1.83. The molecule has 1 N–H and O–H groups in total. The summed E-state index contributed by atoms with van der Waals surface area (Å²) in [6, 6.07) is 2.60. The first-order valence-corrected chi connectivity index (χ1v) is 6.96. The van der Waals surface area contributed by atoms with E-state index in [1.165, 1.54) is 25.7 Å². The maximum Gasteiger partial charge on any atom is 0.152 e. The number of hydrogen-bond donors (Lipinski definition) is 1. The van der Waals surface area contributed by atoms with Crippen LogP contribution in [0.3, 0.4) is 0 Å². The molecule has 2 rings (SSSR count). The Morgan fingerprint density at radius 3 is 2.83 bits per heavy atom. The van der Waals surface area contributed by atoms with Gasteiger partial charge < -0.3 is 5.32 Å². The van der Waals surface area contributed by atoms with Crippen molar-refractivity contribution in [2.45, 2.75) is 51.5 Å². The van der Waals surface area contributed by atoms with Crippen molar-refractivity contribution in [1.29, 1.82) is 0 Å². The van der Waals surface area contributed by atoms with Gasteiger partial charge in [0.1, 0.15) is 0 Å². The van der Waals surface area contributed by atoms with Crippen molar-refractivity contribution in [3.8, 4) is 0 Å². The van der Waals surface area contributed by atoms with Gasteiger partial charge >= 0.3 is 0 Å². The highest BCUT2D eigenvalue weighted by molar-refractivity contribution is 5.82. The molecule has 4 nitrogen and oxygen atoms in total. The van der Waals surface area contributed by atoms with Crippen LogP contribution in [0, 0.1) is 0 Å². The van der Waals surface area contributed by atoms with E-state index in [0.717, 1.165) is 17.8 Å². The molecule has 1 heterocycles. The molecule has 0 aromatic carbocycles. The first kappa shape index (κ1) is 13.3. The Balaban J connectivity index is 1.80. The number of carbonyl (C=O) groups excluding carboxylic acids is 1. The number of rotatable bonds is 6. The first-order valence-electron chi connectivity index (χ1n) is 6.96. The normalized spacial score (nSPS) is 16.3. The van der Waals surface area contributed by atoms with Crippen LogP contribution in [0.2, 0.25) is 0 Å². The van der Waals surface area contributed by atoms with Crippen molar-refractivity contribution in [3.63, 3.8) is 0 Å².